The summed E-state index contributed by atoms with van der Waals surface area (Å²) < 4.78 is 0. The van der Waals surface area contributed by atoms with E-state index in [1.54, 1.807) is 6.34 Å². The minimum atomic E-state index is -0.844. The molecule has 2 rings (SSSR count). The highest BCUT2D eigenvalue weighted by molar-refractivity contribution is 5.97. The van der Waals surface area contributed by atoms with Crippen LogP contribution in [0.3, 0.4) is 0 Å². The van der Waals surface area contributed by atoms with Gasteiger partial charge in [-0.2, -0.15) is 0 Å². The Morgan fingerprint density at radius 1 is 1.43 bits per heavy atom. The molecular weight excluding hydrogens is 278 g/mol. The van der Waals surface area contributed by atoms with Crippen LogP contribution in [0.15, 0.2) is 17.1 Å². The molecule has 2 N–H and O–H groups in total. The molecule has 1 aliphatic rings. The highest BCUT2D eigenvalue weighted by Gasteiger charge is 2.21. The first-order valence-electron chi connectivity index (χ1n) is 6.46. The number of rotatable bonds is 5. The molecule has 1 aliphatic heterocycles. The first-order chi connectivity index (χ1) is 9.99. The fourth-order valence-electron chi connectivity index (χ4n) is 2.06. The standard InChI is InChI=1S/C13H15N3O5/c17-11(2-5-15-4-1-3-14-8-15)9-6-10(16(20)21)13(19)12(18)7-9/h6-8,18-19H,1-5H2. The number of phenolic OH excluding ortho intramolecular Hbond substituents is 2. The molecule has 8 heteroatoms. The minimum absolute atomic E-state index is 0.00551. The number of aromatic hydroxyl groups is 2. The lowest BCUT2D eigenvalue weighted by molar-refractivity contribution is -0.386. The van der Waals surface area contributed by atoms with Crippen LogP contribution in [-0.2, 0) is 0 Å². The molecule has 1 aromatic rings. The third-order valence-electron chi connectivity index (χ3n) is 3.19. The number of nitrogens with zero attached hydrogens (tertiary/aromatic N) is 3. The summed E-state index contributed by atoms with van der Waals surface area (Å²) in [7, 11) is 0. The van der Waals surface area contributed by atoms with E-state index >= 15 is 0 Å². The van der Waals surface area contributed by atoms with E-state index < -0.39 is 22.1 Å². The summed E-state index contributed by atoms with van der Waals surface area (Å²) in [5.41, 5.74) is -0.677. The van der Waals surface area contributed by atoms with E-state index in [0.29, 0.717) is 6.54 Å². The Labute approximate surface area is 120 Å². The number of benzene rings is 1. The van der Waals surface area contributed by atoms with E-state index in [-0.39, 0.29) is 17.8 Å². The second-order valence-electron chi connectivity index (χ2n) is 4.70. The number of carbonyl (C=O) groups is 1. The van der Waals surface area contributed by atoms with Gasteiger partial charge >= 0.3 is 5.69 Å². The van der Waals surface area contributed by atoms with Crippen LogP contribution in [0.25, 0.3) is 0 Å². The molecule has 21 heavy (non-hydrogen) atoms. The van der Waals surface area contributed by atoms with Gasteiger partial charge < -0.3 is 15.1 Å². The number of nitro groups is 1. The minimum Gasteiger partial charge on any atom is -0.504 e. The maximum Gasteiger partial charge on any atom is 0.315 e. The van der Waals surface area contributed by atoms with Crippen LogP contribution < -0.4 is 0 Å². The van der Waals surface area contributed by atoms with Gasteiger partial charge in [0.15, 0.2) is 11.5 Å². The summed E-state index contributed by atoms with van der Waals surface area (Å²) >= 11 is 0. The van der Waals surface area contributed by atoms with Gasteiger partial charge in [0, 0.05) is 37.7 Å². The third-order valence-corrected chi connectivity index (χ3v) is 3.19. The van der Waals surface area contributed by atoms with E-state index in [2.05, 4.69) is 4.99 Å². The summed E-state index contributed by atoms with van der Waals surface area (Å²) in [6.45, 7) is 2.05. The van der Waals surface area contributed by atoms with E-state index in [0.717, 1.165) is 31.6 Å². The summed E-state index contributed by atoms with van der Waals surface area (Å²) in [5, 5.41) is 29.6. The SMILES string of the molecule is O=C(CCN1C=NCCC1)c1cc(O)c(O)c([N+](=O)[O-])c1. The first kappa shape index (κ1) is 14.8. The van der Waals surface area contributed by atoms with Crippen molar-refractivity contribution in [2.24, 2.45) is 4.99 Å². The molecular formula is C13H15N3O5. The first-order valence-corrected chi connectivity index (χ1v) is 6.46. The zero-order valence-electron chi connectivity index (χ0n) is 11.2. The zero-order chi connectivity index (χ0) is 15.4. The molecule has 1 heterocycles. The van der Waals surface area contributed by atoms with Crippen LogP contribution >= 0.6 is 0 Å². The second kappa shape index (κ2) is 6.21. The number of Topliss-reactive ketones (excluding diaryl/α,β-unsaturated/α-hetero) is 1. The van der Waals surface area contributed by atoms with E-state index in [1.165, 1.54) is 0 Å². The molecule has 0 fully saturated rings. The van der Waals surface area contributed by atoms with Crippen LogP contribution in [-0.4, -0.2) is 51.8 Å². The maximum atomic E-state index is 12.0. The Morgan fingerprint density at radius 2 is 2.19 bits per heavy atom. The van der Waals surface area contributed by atoms with Gasteiger partial charge in [0.2, 0.25) is 5.75 Å². The van der Waals surface area contributed by atoms with E-state index in [9.17, 15) is 25.1 Å². The van der Waals surface area contributed by atoms with E-state index in [4.69, 9.17) is 0 Å². The highest BCUT2D eigenvalue weighted by Crippen LogP contribution is 2.36. The molecule has 0 radical (unpaired) electrons. The van der Waals surface area contributed by atoms with Gasteiger partial charge in [-0.05, 0) is 12.5 Å². The number of phenols is 2. The number of carbonyl (C=O) groups excluding carboxylic acids is 1. The molecule has 1 aromatic carbocycles. The highest BCUT2D eigenvalue weighted by atomic mass is 16.6. The van der Waals surface area contributed by atoms with E-state index in [1.807, 2.05) is 4.90 Å². The molecule has 0 bridgehead atoms. The molecule has 0 atom stereocenters. The van der Waals surface area contributed by atoms with Crippen molar-refractivity contribution in [3.05, 3.63) is 27.8 Å². The molecule has 0 saturated carbocycles. The normalized spacial score (nSPS) is 14.2. The van der Waals surface area contributed by atoms with Crippen LogP contribution in [0.2, 0.25) is 0 Å². The summed E-state index contributed by atoms with van der Waals surface area (Å²) in [6.07, 6.45) is 2.76. The van der Waals surface area contributed by atoms with Crippen LogP contribution in [0.5, 0.6) is 11.5 Å². The lowest BCUT2D eigenvalue weighted by atomic mass is 10.1. The van der Waals surface area contributed by atoms with Crippen molar-refractivity contribution < 1.29 is 19.9 Å². The lowest BCUT2D eigenvalue weighted by Gasteiger charge is -2.21. The van der Waals surface area contributed by atoms with Crippen molar-refractivity contribution in [3.63, 3.8) is 0 Å². The molecule has 0 amide bonds. The number of hydrogen-bond donors (Lipinski definition) is 2. The average Bonchev–Trinajstić information content (AvgIpc) is 2.48. The number of aliphatic imine (C=N–C) groups is 1. The fourth-order valence-corrected chi connectivity index (χ4v) is 2.06. The Hall–Kier alpha value is -2.64. The predicted octanol–water partition coefficient (Wildman–Crippen LogP) is 1.31. The largest absolute Gasteiger partial charge is 0.504 e. The summed E-state index contributed by atoms with van der Waals surface area (Å²) in [6, 6.07) is 2.01. The Balaban J connectivity index is 2.10. The number of ketones is 1. The number of hydrogen-bond acceptors (Lipinski definition) is 7. The van der Waals surface area contributed by atoms with Crippen molar-refractivity contribution in [2.75, 3.05) is 19.6 Å². The van der Waals surface area contributed by atoms with Crippen molar-refractivity contribution in [2.45, 2.75) is 12.8 Å². The Morgan fingerprint density at radius 3 is 2.81 bits per heavy atom. The van der Waals surface area contributed by atoms with Crippen LogP contribution in [0.4, 0.5) is 5.69 Å². The van der Waals surface area contributed by atoms with Gasteiger partial charge in [-0.1, -0.05) is 0 Å². The van der Waals surface area contributed by atoms with Crippen molar-refractivity contribution in [3.8, 4) is 11.5 Å². The third kappa shape index (κ3) is 3.47. The summed E-state index contributed by atoms with van der Waals surface area (Å²) in [4.78, 5) is 27.9. The zero-order valence-corrected chi connectivity index (χ0v) is 11.2. The van der Waals surface area contributed by atoms with Crippen molar-refractivity contribution in [1.82, 2.24) is 4.90 Å². The Kier molecular flexibility index (Phi) is 4.36. The van der Waals surface area contributed by atoms with Gasteiger partial charge in [0.25, 0.3) is 0 Å². The van der Waals surface area contributed by atoms with Gasteiger partial charge in [-0.3, -0.25) is 19.9 Å². The van der Waals surface area contributed by atoms with Gasteiger partial charge in [0.1, 0.15) is 0 Å². The van der Waals surface area contributed by atoms with Crippen molar-refractivity contribution >= 4 is 17.8 Å². The van der Waals surface area contributed by atoms with Gasteiger partial charge in [-0.15, -0.1) is 0 Å². The molecule has 0 spiro atoms. The average molecular weight is 293 g/mol. The monoisotopic (exact) mass is 293 g/mol. The Bertz CT molecular complexity index is 600. The molecule has 0 unspecified atom stereocenters. The smallest absolute Gasteiger partial charge is 0.315 e. The van der Waals surface area contributed by atoms with Gasteiger partial charge in [0.05, 0.1) is 11.3 Å². The predicted molar refractivity (Wildman–Crippen MR) is 74.9 cm³/mol. The van der Waals surface area contributed by atoms with Gasteiger partial charge in [-0.25, -0.2) is 0 Å². The molecule has 0 saturated heterocycles. The van der Waals surface area contributed by atoms with Crippen LogP contribution in [0.1, 0.15) is 23.2 Å². The fraction of sp³-hybridized carbons (Fsp3) is 0.385. The quantitative estimate of drug-likeness (QED) is 0.366. The summed E-state index contributed by atoms with van der Waals surface area (Å²) in [5.74, 6) is -1.85. The molecule has 0 aromatic heterocycles. The molecule has 8 nitrogen and oxygen atoms in total. The second-order valence-corrected chi connectivity index (χ2v) is 4.70. The maximum absolute atomic E-state index is 12.0. The molecule has 112 valence electrons. The lowest BCUT2D eigenvalue weighted by Crippen LogP contribution is -2.29. The van der Waals surface area contributed by atoms with Crippen molar-refractivity contribution in [1.29, 1.82) is 0 Å². The number of nitro benzene ring substituents is 1. The van der Waals surface area contributed by atoms with Crippen LogP contribution in [0, 0.1) is 10.1 Å². The molecule has 0 aliphatic carbocycles. The topological polar surface area (TPSA) is 116 Å².